The number of fused-ring (bicyclic) bond motifs is 4. The first kappa shape index (κ1) is 21.3. The summed E-state index contributed by atoms with van der Waals surface area (Å²) in [5.74, 6) is 2.11. The Balaban J connectivity index is 1.55. The Kier molecular flexibility index (Phi) is 5.53. The molecule has 4 atom stereocenters. The summed E-state index contributed by atoms with van der Waals surface area (Å²) in [6.45, 7) is 7.24. The second-order valence-corrected chi connectivity index (χ2v) is 11.5. The van der Waals surface area contributed by atoms with Crippen LogP contribution in [0.1, 0.15) is 46.5 Å². The molecule has 31 heavy (non-hydrogen) atoms. The van der Waals surface area contributed by atoms with Crippen LogP contribution in [0.4, 0.5) is 5.69 Å². The fourth-order valence-electron chi connectivity index (χ4n) is 5.56. The summed E-state index contributed by atoms with van der Waals surface area (Å²) in [7, 11) is 0. The molecule has 0 spiro atoms. The van der Waals surface area contributed by atoms with Gasteiger partial charge >= 0.3 is 0 Å². The molecule has 1 fully saturated rings. The first-order chi connectivity index (χ1) is 14.9. The molecule has 0 radical (unpaired) electrons. The highest BCUT2D eigenvalue weighted by atomic mass is 79.9. The number of hydrogen-bond acceptors (Lipinski definition) is 6. The summed E-state index contributed by atoms with van der Waals surface area (Å²) in [6.07, 6.45) is 9.07. The molecule has 1 N–H and O–H groups in total. The Labute approximate surface area is 197 Å². The van der Waals surface area contributed by atoms with Crippen LogP contribution < -0.4 is 10.1 Å². The molecular weight excluding hydrogens is 472 g/mol. The van der Waals surface area contributed by atoms with Crippen molar-refractivity contribution in [1.29, 1.82) is 0 Å². The average molecular weight is 501 g/mol. The van der Waals surface area contributed by atoms with Crippen molar-refractivity contribution in [2.45, 2.75) is 57.8 Å². The minimum atomic E-state index is -0.151. The van der Waals surface area contributed by atoms with Gasteiger partial charge in [0, 0.05) is 21.6 Å². The highest BCUT2D eigenvalue weighted by molar-refractivity contribution is 9.10. The lowest BCUT2D eigenvalue weighted by atomic mass is 9.59. The standard InChI is InChI=1S/C24H29BrN4OS/c1-13-10-14-6-5-9-24(2,3)18(14)12-16(13)21-26-19-8-7-15(25)11-17(19)20-22(30-21)27-23(31-4)29-28-20/h6-8,11,13,16,18,21,26H,5,9-10,12H2,1-4H3. The minimum absolute atomic E-state index is 0.151. The van der Waals surface area contributed by atoms with Gasteiger partial charge in [-0.15, -0.1) is 10.2 Å². The van der Waals surface area contributed by atoms with Gasteiger partial charge in [0.25, 0.3) is 0 Å². The van der Waals surface area contributed by atoms with Crippen LogP contribution in [-0.4, -0.2) is 27.7 Å². The second-order valence-electron chi connectivity index (χ2n) is 9.76. The number of thioether (sulfide) groups is 1. The first-order valence-corrected chi connectivity index (χ1v) is 13.1. The molecule has 0 amide bonds. The van der Waals surface area contributed by atoms with Crippen molar-refractivity contribution in [2.75, 3.05) is 11.6 Å². The zero-order valence-electron chi connectivity index (χ0n) is 18.5. The minimum Gasteiger partial charge on any atom is -0.452 e. The Morgan fingerprint density at radius 1 is 1.26 bits per heavy atom. The summed E-state index contributed by atoms with van der Waals surface area (Å²) >= 11 is 5.08. The number of halogens is 1. The predicted octanol–water partition coefficient (Wildman–Crippen LogP) is 6.56. The van der Waals surface area contributed by atoms with E-state index >= 15 is 0 Å². The van der Waals surface area contributed by atoms with Crippen molar-refractivity contribution in [2.24, 2.45) is 23.2 Å². The molecule has 1 aromatic carbocycles. The highest BCUT2D eigenvalue weighted by Gasteiger charge is 2.44. The fraction of sp³-hybridized carbons (Fsp3) is 0.542. The number of ether oxygens (including phenoxy) is 1. The van der Waals surface area contributed by atoms with Gasteiger partial charge < -0.3 is 10.1 Å². The van der Waals surface area contributed by atoms with Crippen molar-refractivity contribution >= 4 is 33.4 Å². The molecule has 4 unspecified atom stereocenters. The average Bonchev–Trinajstić information content (AvgIpc) is 2.89. The van der Waals surface area contributed by atoms with Crippen LogP contribution in [0.3, 0.4) is 0 Å². The Hall–Kier alpha value is -1.60. The summed E-state index contributed by atoms with van der Waals surface area (Å²) in [4.78, 5) is 4.70. The van der Waals surface area contributed by atoms with E-state index in [9.17, 15) is 0 Å². The molecule has 2 heterocycles. The van der Waals surface area contributed by atoms with E-state index < -0.39 is 0 Å². The van der Waals surface area contributed by atoms with Crippen molar-refractivity contribution in [3.8, 4) is 17.1 Å². The zero-order valence-corrected chi connectivity index (χ0v) is 20.9. The summed E-state index contributed by atoms with van der Waals surface area (Å²) in [5, 5.41) is 13.1. The number of nitrogens with one attached hydrogen (secondary N) is 1. The van der Waals surface area contributed by atoms with Crippen LogP contribution in [0, 0.1) is 23.2 Å². The highest BCUT2D eigenvalue weighted by Crippen LogP contribution is 2.52. The predicted molar refractivity (Wildman–Crippen MR) is 129 cm³/mol. The number of aromatic nitrogens is 3. The van der Waals surface area contributed by atoms with Crippen molar-refractivity contribution in [3.05, 3.63) is 34.3 Å². The SMILES string of the molecule is CSc1nnc2c(n1)OC(C1CC3C(=CCCC3(C)C)CC1C)Nc1ccc(Br)cc1-2. The quantitative estimate of drug-likeness (QED) is 0.371. The van der Waals surface area contributed by atoms with Crippen molar-refractivity contribution < 1.29 is 4.74 Å². The normalized spacial score (nSPS) is 28.7. The second kappa shape index (κ2) is 8.07. The third kappa shape index (κ3) is 3.88. The zero-order chi connectivity index (χ0) is 21.8. The molecule has 7 heteroatoms. The van der Waals surface area contributed by atoms with Gasteiger partial charge in [-0.2, -0.15) is 4.98 Å². The van der Waals surface area contributed by atoms with Gasteiger partial charge in [0.2, 0.25) is 11.0 Å². The Morgan fingerprint density at radius 3 is 2.90 bits per heavy atom. The van der Waals surface area contributed by atoms with E-state index in [1.165, 1.54) is 24.6 Å². The maximum Gasteiger partial charge on any atom is 0.247 e. The number of hydrogen-bond donors (Lipinski definition) is 1. The number of allylic oxidation sites excluding steroid dienone is 2. The molecule has 5 rings (SSSR count). The maximum atomic E-state index is 6.61. The van der Waals surface area contributed by atoms with E-state index in [1.807, 2.05) is 6.26 Å². The van der Waals surface area contributed by atoms with Crippen molar-refractivity contribution in [1.82, 2.24) is 15.2 Å². The molecule has 1 saturated carbocycles. The van der Waals surface area contributed by atoms with E-state index in [1.54, 1.807) is 5.57 Å². The van der Waals surface area contributed by atoms with Gasteiger partial charge in [-0.3, -0.25) is 0 Å². The number of anilines is 1. The lowest BCUT2D eigenvalue weighted by Crippen LogP contribution is -2.45. The van der Waals surface area contributed by atoms with Crippen LogP contribution in [-0.2, 0) is 0 Å². The van der Waals surface area contributed by atoms with Gasteiger partial charge in [-0.1, -0.05) is 60.1 Å². The van der Waals surface area contributed by atoms with Gasteiger partial charge in [0.15, 0.2) is 11.9 Å². The van der Waals surface area contributed by atoms with Gasteiger partial charge in [-0.25, -0.2) is 0 Å². The fourth-order valence-corrected chi connectivity index (χ4v) is 6.22. The smallest absolute Gasteiger partial charge is 0.247 e. The molecule has 2 aromatic rings. The van der Waals surface area contributed by atoms with Crippen molar-refractivity contribution in [3.63, 3.8) is 0 Å². The topological polar surface area (TPSA) is 59.9 Å². The van der Waals surface area contributed by atoms with E-state index in [-0.39, 0.29) is 6.23 Å². The Bertz CT molecular complexity index is 1040. The van der Waals surface area contributed by atoms with E-state index in [0.29, 0.717) is 39.9 Å². The number of rotatable bonds is 2. The van der Waals surface area contributed by atoms with Crippen LogP contribution >= 0.6 is 27.7 Å². The molecule has 164 valence electrons. The van der Waals surface area contributed by atoms with Crippen LogP contribution in [0.2, 0.25) is 0 Å². The largest absolute Gasteiger partial charge is 0.452 e. The molecule has 0 saturated heterocycles. The number of benzene rings is 1. The lowest BCUT2D eigenvalue weighted by molar-refractivity contribution is 0.0519. The lowest BCUT2D eigenvalue weighted by Gasteiger charge is -2.48. The third-order valence-electron chi connectivity index (χ3n) is 7.36. The van der Waals surface area contributed by atoms with Crippen LogP contribution in [0.15, 0.2) is 39.5 Å². The van der Waals surface area contributed by atoms with E-state index in [2.05, 4.69) is 76.5 Å². The maximum absolute atomic E-state index is 6.61. The third-order valence-corrected chi connectivity index (χ3v) is 8.39. The summed E-state index contributed by atoms with van der Waals surface area (Å²) < 4.78 is 7.60. The summed E-state index contributed by atoms with van der Waals surface area (Å²) in [6, 6.07) is 6.22. The number of nitrogens with zero attached hydrogens (tertiary/aromatic N) is 3. The van der Waals surface area contributed by atoms with Crippen LogP contribution in [0.25, 0.3) is 11.3 Å². The van der Waals surface area contributed by atoms with E-state index in [4.69, 9.17) is 9.72 Å². The monoisotopic (exact) mass is 500 g/mol. The molecule has 3 aliphatic rings. The van der Waals surface area contributed by atoms with Crippen LogP contribution in [0.5, 0.6) is 5.88 Å². The molecule has 1 aliphatic heterocycles. The Morgan fingerprint density at radius 2 is 2.10 bits per heavy atom. The van der Waals surface area contributed by atoms with Gasteiger partial charge in [0.05, 0.1) is 0 Å². The van der Waals surface area contributed by atoms with E-state index in [0.717, 1.165) is 28.6 Å². The molecule has 0 bridgehead atoms. The molecule has 2 aliphatic carbocycles. The van der Waals surface area contributed by atoms with Gasteiger partial charge in [0.1, 0.15) is 0 Å². The molecule has 5 nitrogen and oxygen atoms in total. The molecule has 1 aromatic heterocycles. The molecular formula is C24H29BrN4OS. The first-order valence-electron chi connectivity index (χ1n) is 11.1. The van der Waals surface area contributed by atoms with Gasteiger partial charge in [-0.05, 0) is 67.4 Å². The summed E-state index contributed by atoms with van der Waals surface area (Å²) in [5.41, 5.74) is 4.69.